The Bertz CT molecular complexity index is 600. The Balaban J connectivity index is 2.35. The number of hydrogen-bond acceptors (Lipinski definition) is 3. The largest absolute Gasteiger partial charge is 0.508 e. The second kappa shape index (κ2) is 5.38. The average Bonchev–Trinajstić information content (AvgIpc) is 2.35. The summed E-state index contributed by atoms with van der Waals surface area (Å²) in [5.74, 6) is -0.436. The predicted molar refractivity (Wildman–Crippen MR) is 71.6 cm³/mol. The summed E-state index contributed by atoms with van der Waals surface area (Å²) in [5.41, 5.74) is -0.0203. The summed E-state index contributed by atoms with van der Waals surface area (Å²) in [7, 11) is 0. The molecular formula is C13H8Cl2O4. The Kier molecular flexibility index (Phi) is 3.83. The van der Waals surface area contributed by atoms with Crippen LogP contribution in [0.5, 0.6) is 17.2 Å². The Labute approximate surface area is 118 Å². The van der Waals surface area contributed by atoms with Crippen molar-refractivity contribution < 1.29 is 19.7 Å². The number of phenolic OH excluding ortho intramolecular Hbond substituents is 1. The van der Waals surface area contributed by atoms with Gasteiger partial charge in [0.05, 0.1) is 15.6 Å². The van der Waals surface area contributed by atoms with Crippen LogP contribution in [0.2, 0.25) is 10.0 Å². The van der Waals surface area contributed by atoms with Gasteiger partial charge in [-0.05, 0) is 36.4 Å². The minimum Gasteiger partial charge on any atom is -0.508 e. The van der Waals surface area contributed by atoms with Gasteiger partial charge in [-0.2, -0.15) is 0 Å². The lowest BCUT2D eigenvalue weighted by Gasteiger charge is -2.10. The fraction of sp³-hybridized carbons (Fsp3) is 0. The third kappa shape index (κ3) is 3.10. The Morgan fingerprint density at radius 3 is 2.05 bits per heavy atom. The minimum absolute atomic E-state index is 0.0203. The van der Waals surface area contributed by atoms with Gasteiger partial charge in [0.25, 0.3) is 0 Å². The summed E-state index contributed by atoms with van der Waals surface area (Å²) >= 11 is 11.9. The van der Waals surface area contributed by atoms with Crippen LogP contribution in [-0.4, -0.2) is 16.2 Å². The summed E-state index contributed by atoms with van der Waals surface area (Å²) in [5, 5.41) is 18.2. The van der Waals surface area contributed by atoms with Gasteiger partial charge in [0.15, 0.2) is 5.75 Å². The molecule has 4 nitrogen and oxygen atoms in total. The number of ether oxygens (including phenoxy) is 1. The van der Waals surface area contributed by atoms with Crippen molar-refractivity contribution in [1.82, 2.24) is 0 Å². The number of benzene rings is 2. The van der Waals surface area contributed by atoms with E-state index in [1.807, 2.05) is 0 Å². The first-order chi connectivity index (χ1) is 8.97. The van der Waals surface area contributed by atoms with E-state index in [2.05, 4.69) is 0 Å². The highest BCUT2D eigenvalue weighted by molar-refractivity contribution is 6.37. The van der Waals surface area contributed by atoms with E-state index in [9.17, 15) is 4.79 Å². The molecule has 0 heterocycles. The highest BCUT2D eigenvalue weighted by atomic mass is 35.5. The summed E-state index contributed by atoms with van der Waals surface area (Å²) in [6.07, 6.45) is 0. The summed E-state index contributed by atoms with van der Waals surface area (Å²) in [6.45, 7) is 0. The molecule has 0 amide bonds. The third-order valence-electron chi connectivity index (χ3n) is 2.30. The number of aromatic carboxylic acids is 1. The SMILES string of the molecule is O=C(O)c1cc(Cl)c(Oc2ccc(O)cc2)c(Cl)c1. The molecule has 0 aromatic heterocycles. The van der Waals surface area contributed by atoms with Crippen LogP contribution in [0, 0.1) is 0 Å². The second-order valence-electron chi connectivity index (χ2n) is 3.67. The van der Waals surface area contributed by atoms with E-state index in [1.54, 1.807) is 0 Å². The average molecular weight is 299 g/mol. The van der Waals surface area contributed by atoms with Crippen LogP contribution < -0.4 is 4.74 Å². The van der Waals surface area contributed by atoms with Gasteiger partial charge in [-0.3, -0.25) is 0 Å². The van der Waals surface area contributed by atoms with E-state index in [1.165, 1.54) is 36.4 Å². The van der Waals surface area contributed by atoms with Gasteiger partial charge in [0.1, 0.15) is 11.5 Å². The number of carbonyl (C=O) groups is 1. The van der Waals surface area contributed by atoms with Crippen molar-refractivity contribution in [3.63, 3.8) is 0 Å². The lowest BCUT2D eigenvalue weighted by molar-refractivity contribution is 0.0697. The van der Waals surface area contributed by atoms with Crippen molar-refractivity contribution in [2.75, 3.05) is 0 Å². The number of halogens is 2. The van der Waals surface area contributed by atoms with Crippen molar-refractivity contribution >= 4 is 29.2 Å². The molecule has 0 bridgehead atoms. The first kappa shape index (κ1) is 13.5. The molecule has 2 aromatic rings. The van der Waals surface area contributed by atoms with Gasteiger partial charge in [-0.1, -0.05) is 23.2 Å². The number of carboxylic acid groups (broad SMARTS) is 1. The summed E-state index contributed by atoms with van der Waals surface area (Å²) in [6, 6.07) is 8.47. The zero-order valence-electron chi connectivity index (χ0n) is 9.43. The van der Waals surface area contributed by atoms with Crippen LogP contribution in [0.4, 0.5) is 0 Å². The quantitative estimate of drug-likeness (QED) is 0.891. The smallest absolute Gasteiger partial charge is 0.335 e. The molecule has 0 atom stereocenters. The van der Waals surface area contributed by atoms with Crippen molar-refractivity contribution in [3.8, 4) is 17.2 Å². The molecule has 0 aliphatic rings. The van der Waals surface area contributed by atoms with Crippen LogP contribution in [0.1, 0.15) is 10.4 Å². The van der Waals surface area contributed by atoms with E-state index in [4.69, 9.17) is 38.2 Å². The first-order valence-electron chi connectivity index (χ1n) is 5.16. The number of aromatic hydroxyl groups is 1. The third-order valence-corrected chi connectivity index (χ3v) is 2.86. The van der Waals surface area contributed by atoms with Gasteiger partial charge >= 0.3 is 5.97 Å². The van der Waals surface area contributed by atoms with E-state index >= 15 is 0 Å². The van der Waals surface area contributed by atoms with Crippen molar-refractivity contribution in [1.29, 1.82) is 0 Å². The molecule has 2 N–H and O–H groups in total. The Morgan fingerprint density at radius 2 is 1.58 bits per heavy atom. The molecule has 0 fully saturated rings. The van der Waals surface area contributed by atoms with E-state index in [0.717, 1.165) is 0 Å². The van der Waals surface area contributed by atoms with E-state index in [-0.39, 0.29) is 27.1 Å². The van der Waals surface area contributed by atoms with Gasteiger partial charge in [-0.15, -0.1) is 0 Å². The van der Waals surface area contributed by atoms with Crippen molar-refractivity contribution in [2.24, 2.45) is 0 Å². The minimum atomic E-state index is -1.13. The number of rotatable bonds is 3. The Morgan fingerprint density at radius 1 is 1.05 bits per heavy atom. The molecule has 19 heavy (non-hydrogen) atoms. The maximum Gasteiger partial charge on any atom is 0.335 e. The Hall–Kier alpha value is -1.91. The molecule has 98 valence electrons. The number of hydrogen-bond donors (Lipinski definition) is 2. The molecule has 0 unspecified atom stereocenters. The number of phenols is 1. The molecule has 0 radical (unpaired) electrons. The van der Waals surface area contributed by atoms with Crippen LogP contribution in [-0.2, 0) is 0 Å². The van der Waals surface area contributed by atoms with Crippen LogP contribution in [0.15, 0.2) is 36.4 Å². The topological polar surface area (TPSA) is 66.8 Å². The second-order valence-corrected chi connectivity index (χ2v) is 4.48. The maximum atomic E-state index is 10.8. The van der Waals surface area contributed by atoms with Gasteiger partial charge in [0.2, 0.25) is 0 Å². The molecule has 2 aromatic carbocycles. The van der Waals surface area contributed by atoms with Crippen LogP contribution >= 0.6 is 23.2 Å². The zero-order valence-corrected chi connectivity index (χ0v) is 10.9. The molecule has 6 heteroatoms. The molecule has 0 aliphatic carbocycles. The number of carboxylic acids is 1. The van der Waals surface area contributed by atoms with Crippen molar-refractivity contribution in [3.05, 3.63) is 52.0 Å². The lowest BCUT2D eigenvalue weighted by atomic mass is 10.2. The van der Waals surface area contributed by atoms with Crippen LogP contribution in [0.25, 0.3) is 0 Å². The fourth-order valence-electron chi connectivity index (χ4n) is 1.41. The molecule has 0 aliphatic heterocycles. The van der Waals surface area contributed by atoms with Gasteiger partial charge < -0.3 is 14.9 Å². The normalized spacial score (nSPS) is 10.2. The van der Waals surface area contributed by atoms with Crippen LogP contribution in [0.3, 0.4) is 0 Å². The van der Waals surface area contributed by atoms with E-state index in [0.29, 0.717) is 5.75 Å². The fourth-order valence-corrected chi connectivity index (χ4v) is 1.98. The molecule has 0 saturated heterocycles. The molecular weight excluding hydrogens is 291 g/mol. The zero-order chi connectivity index (χ0) is 14.0. The van der Waals surface area contributed by atoms with Gasteiger partial charge in [-0.25, -0.2) is 4.79 Å². The standard InChI is InChI=1S/C13H8Cl2O4/c14-10-5-7(13(17)18)6-11(15)12(10)19-9-3-1-8(16)2-4-9/h1-6,16H,(H,17,18). The maximum absolute atomic E-state index is 10.8. The van der Waals surface area contributed by atoms with Crippen molar-refractivity contribution in [2.45, 2.75) is 0 Å². The van der Waals surface area contributed by atoms with Gasteiger partial charge in [0, 0.05) is 0 Å². The first-order valence-corrected chi connectivity index (χ1v) is 5.92. The van der Waals surface area contributed by atoms with E-state index < -0.39 is 5.97 Å². The predicted octanol–water partition coefficient (Wildman–Crippen LogP) is 4.19. The molecule has 0 spiro atoms. The molecule has 0 saturated carbocycles. The molecule has 2 rings (SSSR count). The monoisotopic (exact) mass is 298 g/mol. The highest BCUT2D eigenvalue weighted by Gasteiger charge is 2.14. The lowest BCUT2D eigenvalue weighted by Crippen LogP contribution is -1.97. The highest BCUT2D eigenvalue weighted by Crippen LogP contribution is 2.37. The summed E-state index contributed by atoms with van der Waals surface area (Å²) in [4.78, 5) is 10.8. The summed E-state index contributed by atoms with van der Waals surface area (Å²) < 4.78 is 5.46.